The van der Waals surface area contributed by atoms with Crippen LogP contribution in [0.1, 0.15) is 49.7 Å². The first-order chi connectivity index (χ1) is 11.6. The van der Waals surface area contributed by atoms with E-state index in [0.717, 1.165) is 31.7 Å². The second kappa shape index (κ2) is 7.94. The minimum absolute atomic E-state index is 0.502. The van der Waals surface area contributed by atoms with E-state index in [0.29, 0.717) is 17.8 Å². The number of hydrogen-bond donors (Lipinski definition) is 2. The average molecular weight is 346 g/mol. The maximum atomic E-state index is 5.65. The first-order valence-corrected chi connectivity index (χ1v) is 9.63. The van der Waals surface area contributed by atoms with E-state index in [-0.39, 0.29) is 0 Å². The molecule has 0 aromatic carbocycles. The first kappa shape index (κ1) is 17.2. The fourth-order valence-corrected chi connectivity index (χ4v) is 3.90. The van der Waals surface area contributed by atoms with Crippen LogP contribution in [-0.4, -0.2) is 34.0 Å². The highest BCUT2D eigenvalue weighted by Crippen LogP contribution is 2.22. The molecular formula is C18H27N5S. The Morgan fingerprint density at radius 3 is 2.92 bits per heavy atom. The Balaban J connectivity index is 1.51. The van der Waals surface area contributed by atoms with Gasteiger partial charge in [-0.15, -0.1) is 11.3 Å². The van der Waals surface area contributed by atoms with Gasteiger partial charge in [0.25, 0.3) is 0 Å². The number of nitrogen functional groups attached to an aromatic ring is 1. The lowest BCUT2D eigenvalue weighted by Crippen LogP contribution is -2.26. The van der Waals surface area contributed by atoms with Gasteiger partial charge in [0.15, 0.2) is 0 Å². The topological polar surface area (TPSA) is 67.1 Å². The van der Waals surface area contributed by atoms with E-state index in [9.17, 15) is 0 Å². The second-order valence-corrected chi connectivity index (χ2v) is 7.74. The van der Waals surface area contributed by atoms with Gasteiger partial charge >= 0.3 is 0 Å². The number of nitrogens with two attached hydrogens (primary N) is 1. The number of hydrogen-bond acceptors (Lipinski definition) is 6. The highest BCUT2D eigenvalue weighted by molar-refractivity contribution is 7.09. The van der Waals surface area contributed by atoms with Gasteiger partial charge in [-0.1, -0.05) is 13.8 Å². The lowest BCUT2D eigenvalue weighted by Gasteiger charge is -2.20. The molecule has 3 N–H and O–H groups in total. The number of pyridine rings is 1. The zero-order valence-corrected chi connectivity index (χ0v) is 15.4. The molecule has 3 heterocycles. The van der Waals surface area contributed by atoms with Crippen LogP contribution >= 0.6 is 11.3 Å². The summed E-state index contributed by atoms with van der Waals surface area (Å²) >= 11 is 1.79. The lowest BCUT2D eigenvalue weighted by molar-refractivity contribution is 0.273. The van der Waals surface area contributed by atoms with Gasteiger partial charge in [-0.05, 0) is 37.9 Å². The quantitative estimate of drug-likeness (QED) is 0.865. The lowest BCUT2D eigenvalue weighted by atomic mass is 10.1. The number of anilines is 2. The van der Waals surface area contributed by atoms with Gasteiger partial charge in [-0.25, -0.2) is 9.97 Å². The van der Waals surface area contributed by atoms with Crippen LogP contribution in [0, 0.1) is 0 Å². The van der Waals surface area contributed by atoms with Crippen LogP contribution in [-0.2, 0) is 6.54 Å². The van der Waals surface area contributed by atoms with Gasteiger partial charge in [0.05, 0.1) is 22.6 Å². The van der Waals surface area contributed by atoms with E-state index < -0.39 is 0 Å². The van der Waals surface area contributed by atoms with Gasteiger partial charge in [-0.3, -0.25) is 4.90 Å². The van der Waals surface area contributed by atoms with Gasteiger partial charge in [0.2, 0.25) is 0 Å². The van der Waals surface area contributed by atoms with E-state index in [1.54, 1.807) is 11.3 Å². The predicted molar refractivity (Wildman–Crippen MR) is 101 cm³/mol. The molecule has 130 valence electrons. The van der Waals surface area contributed by atoms with Crippen molar-refractivity contribution in [2.45, 2.75) is 51.6 Å². The number of likely N-dealkylation sites (tertiary alicyclic amines) is 1. The third-order valence-corrected chi connectivity index (χ3v) is 5.62. The van der Waals surface area contributed by atoms with Gasteiger partial charge in [-0.2, -0.15) is 0 Å². The highest BCUT2D eigenvalue weighted by Gasteiger charge is 2.18. The summed E-state index contributed by atoms with van der Waals surface area (Å²) in [7, 11) is 0. The Morgan fingerprint density at radius 2 is 2.21 bits per heavy atom. The molecule has 5 nitrogen and oxygen atoms in total. The average Bonchev–Trinajstić information content (AvgIpc) is 2.92. The Bertz CT molecular complexity index is 637. The van der Waals surface area contributed by atoms with E-state index >= 15 is 0 Å². The van der Waals surface area contributed by atoms with E-state index in [1.807, 2.05) is 18.3 Å². The molecule has 24 heavy (non-hydrogen) atoms. The van der Waals surface area contributed by atoms with E-state index in [4.69, 9.17) is 10.7 Å². The summed E-state index contributed by atoms with van der Waals surface area (Å²) in [6.45, 7) is 7.63. The standard InChI is InChI=1S/C18H27N5S/c1-13(2)18-22-16(12-24-18)11-23-8-3-4-14(7-9-23)21-15-5-6-17(19)20-10-15/h5-6,10,12-14,21H,3-4,7-9,11H2,1-2H3,(H2,19,20). The Kier molecular flexibility index (Phi) is 5.68. The number of aromatic nitrogens is 2. The molecule has 1 fully saturated rings. The fraction of sp³-hybridized carbons (Fsp3) is 0.556. The number of nitrogens with zero attached hydrogens (tertiary/aromatic N) is 3. The zero-order chi connectivity index (χ0) is 16.9. The Hall–Kier alpha value is -1.66. The molecule has 0 spiro atoms. The summed E-state index contributed by atoms with van der Waals surface area (Å²) in [5, 5.41) is 7.06. The van der Waals surface area contributed by atoms with Crippen molar-refractivity contribution in [1.82, 2.24) is 14.9 Å². The predicted octanol–water partition coefficient (Wildman–Crippen LogP) is 3.71. The van der Waals surface area contributed by atoms with Crippen molar-refractivity contribution >= 4 is 22.8 Å². The molecule has 0 radical (unpaired) electrons. The second-order valence-electron chi connectivity index (χ2n) is 6.85. The SMILES string of the molecule is CC(C)c1nc(CN2CCCC(Nc3ccc(N)nc3)CC2)cs1. The molecule has 1 saturated heterocycles. The van der Waals surface area contributed by atoms with Crippen molar-refractivity contribution in [3.8, 4) is 0 Å². The van der Waals surface area contributed by atoms with Gasteiger partial charge in [0.1, 0.15) is 5.82 Å². The summed E-state index contributed by atoms with van der Waals surface area (Å²) < 4.78 is 0. The first-order valence-electron chi connectivity index (χ1n) is 8.75. The Morgan fingerprint density at radius 1 is 1.33 bits per heavy atom. The van der Waals surface area contributed by atoms with Crippen molar-refractivity contribution in [3.63, 3.8) is 0 Å². The van der Waals surface area contributed by atoms with Crippen molar-refractivity contribution in [2.24, 2.45) is 0 Å². The molecule has 0 saturated carbocycles. The number of rotatable bonds is 5. The summed E-state index contributed by atoms with van der Waals surface area (Å²) in [4.78, 5) is 11.5. The molecule has 2 aromatic rings. The van der Waals surface area contributed by atoms with Crippen LogP contribution in [0.3, 0.4) is 0 Å². The molecule has 1 atom stereocenters. The number of nitrogens with one attached hydrogen (secondary N) is 1. The third-order valence-electron chi connectivity index (χ3n) is 4.43. The summed E-state index contributed by atoms with van der Waals surface area (Å²) in [5.74, 6) is 1.09. The molecule has 0 amide bonds. The zero-order valence-electron chi connectivity index (χ0n) is 14.5. The molecule has 2 aromatic heterocycles. The smallest absolute Gasteiger partial charge is 0.123 e. The van der Waals surface area contributed by atoms with Crippen molar-refractivity contribution < 1.29 is 0 Å². The summed E-state index contributed by atoms with van der Waals surface area (Å²) in [6.07, 6.45) is 5.36. The van der Waals surface area contributed by atoms with Crippen molar-refractivity contribution in [2.75, 3.05) is 24.1 Å². The minimum atomic E-state index is 0.502. The molecule has 0 aliphatic carbocycles. The van der Waals surface area contributed by atoms with Crippen LogP contribution in [0.2, 0.25) is 0 Å². The van der Waals surface area contributed by atoms with E-state index in [2.05, 4.69) is 34.4 Å². The van der Waals surface area contributed by atoms with Crippen LogP contribution < -0.4 is 11.1 Å². The molecule has 0 bridgehead atoms. The fourth-order valence-electron chi connectivity index (χ4n) is 3.07. The Labute approximate surface area is 148 Å². The maximum absolute atomic E-state index is 5.65. The van der Waals surface area contributed by atoms with E-state index in [1.165, 1.54) is 23.5 Å². The molecule has 6 heteroatoms. The summed E-state index contributed by atoms with van der Waals surface area (Å²) in [5.41, 5.74) is 7.93. The summed E-state index contributed by atoms with van der Waals surface area (Å²) in [6, 6.07) is 4.36. The van der Waals surface area contributed by atoms with Crippen molar-refractivity contribution in [3.05, 3.63) is 34.4 Å². The molecular weight excluding hydrogens is 318 g/mol. The van der Waals surface area contributed by atoms with Gasteiger partial charge in [0, 0.05) is 30.4 Å². The molecule has 1 unspecified atom stereocenters. The largest absolute Gasteiger partial charge is 0.384 e. The van der Waals surface area contributed by atoms with Crippen LogP contribution in [0.25, 0.3) is 0 Å². The minimum Gasteiger partial charge on any atom is -0.384 e. The third kappa shape index (κ3) is 4.68. The van der Waals surface area contributed by atoms with Crippen LogP contribution in [0.5, 0.6) is 0 Å². The maximum Gasteiger partial charge on any atom is 0.123 e. The van der Waals surface area contributed by atoms with Crippen molar-refractivity contribution in [1.29, 1.82) is 0 Å². The highest BCUT2D eigenvalue weighted by atomic mass is 32.1. The van der Waals surface area contributed by atoms with Crippen LogP contribution in [0.15, 0.2) is 23.7 Å². The van der Waals surface area contributed by atoms with Gasteiger partial charge < -0.3 is 11.1 Å². The number of thiazole rings is 1. The molecule has 1 aliphatic heterocycles. The monoisotopic (exact) mass is 345 g/mol. The normalized spacial score (nSPS) is 19.4. The molecule has 1 aliphatic rings. The molecule has 3 rings (SSSR count). The van der Waals surface area contributed by atoms with Crippen LogP contribution in [0.4, 0.5) is 11.5 Å².